The van der Waals surface area contributed by atoms with Crippen LogP contribution in [-0.2, 0) is 24.1 Å². The number of aryl methyl sites for hydroxylation is 3. The molecule has 2 aliphatic rings. The molecule has 1 atom stereocenters. The highest BCUT2D eigenvalue weighted by atomic mass is 127. The summed E-state index contributed by atoms with van der Waals surface area (Å²) in [6.45, 7) is 4.34. The number of hydrogen-bond acceptors (Lipinski definition) is 4. The maximum atomic E-state index is 12.0. The fourth-order valence-electron chi connectivity index (χ4n) is 4.17. The summed E-state index contributed by atoms with van der Waals surface area (Å²) in [7, 11) is 0. The molecule has 0 saturated carbocycles. The van der Waals surface area contributed by atoms with Crippen LogP contribution in [0.25, 0.3) is 0 Å². The van der Waals surface area contributed by atoms with Crippen molar-refractivity contribution in [2.75, 3.05) is 25.0 Å². The third-order valence-corrected chi connectivity index (χ3v) is 6.89. The van der Waals surface area contributed by atoms with E-state index in [-0.39, 0.29) is 35.8 Å². The van der Waals surface area contributed by atoms with Gasteiger partial charge in [0.2, 0.25) is 5.91 Å². The largest absolute Gasteiger partial charge is 0.357 e. The maximum Gasteiger partial charge on any atom is 0.225 e. The van der Waals surface area contributed by atoms with Crippen molar-refractivity contribution in [1.29, 1.82) is 0 Å². The Morgan fingerprint density at radius 3 is 2.94 bits per heavy atom. The van der Waals surface area contributed by atoms with Crippen LogP contribution in [0.15, 0.2) is 29.3 Å². The third-order valence-electron chi connectivity index (χ3n) is 5.67. The standard InChI is InChI=1S/C23H31N5OS.HI/c1-2-24-23(25-13-7-12-22-28-19-10-5-6-11-20(19)30-22)26-15-16-14-21(29)27-18-9-4-3-8-17(16)18;/h3-4,8-9,16H,2,5-7,10-15H2,1H3,(H,27,29)(H2,24,25,26);1H. The number of nitrogens with zero attached hydrogens (tertiary/aromatic N) is 2. The molecule has 1 unspecified atom stereocenters. The highest BCUT2D eigenvalue weighted by Crippen LogP contribution is 2.32. The third kappa shape index (κ3) is 6.41. The summed E-state index contributed by atoms with van der Waals surface area (Å²) in [5, 5.41) is 11.0. The predicted octanol–water partition coefficient (Wildman–Crippen LogP) is 4.25. The Morgan fingerprint density at radius 2 is 2.10 bits per heavy atom. The van der Waals surface area contributed by atoms with Gasteiger partial charge < -0.3 is 16.0 Å². The van der Waals surface area contributed by atoms with E-state index in [1.807, 2.05) is 29.5 Å². The number of benzene rings is 1. The lowest BCUT2D eigenvalue weighted by Gasteiger charge is -2.24. The van der Waals surface area contributed by atoms with E-state index >= 15 is 0 Å². The number of amides is 1. The average Bonchev–Trinajstić information content (AvgIpc) is 3.17. The van der Waals surface area contributed by atoms with E-state index in [0.717, 1.165) is 44.0 Å². The molecule has 3 N–H and O–H groups in total. The molecule has 0 saturated heterocycles. The number of fused-ring (bicyclic) bond motifs is 2. The fourth-order valence-corrected chi connectivity index (χ4v) is 5.37. The van der Waals surface area contributed by atoms with Gasteiger partial charge >= 0.3 is 0 Å². The minimum Gasteiger partial charge on any atom is -0.357 e. The molecule has 1 aliphatic carbocycles. The fraction of sp³-hybridized carbons (Fsp3) is 0.522. The van der Waals surface area contributed by atoms with E-state index in [2.05, 4.69) is 28.9 Å². The number of aromatic nitrogens is 1. The van der Waals surface area contributed by atoms with Crippen LogP contribution in [0.4, 0.5) is 5.69 Å². The minimum absolute atomic E-state index is 0. The van der Waals surface area contributed by atoms with Crippen LogP contribution in [0, 0.1) is 0 Å². The molecule has 31 heavy (non-hydrogen) atoms. The van der Waals surface area contributed by atoms with Crippen molar-refractivity contribution < 1.29 is 4.79 Å². The summed E-state index contributed by atoms with van der Waals surface area (Å²) in [4.78, 5) is 23.1. The molecule has 0 spiro atoms. The molecule has 1 aliphatic heterocycles. The van der Waals surface area contributed by atoms with Crippen molar-refractivity contribution in [2.45, 2.75) is 57.8 Å². The number of nitrogens with one attached hydrogen (secondary N) is 3. The van der Waals surface area contributed by atoms with Gasteiger partial charge in [0.1, 0.15) is 0 Å². The number of hydrogen-bond donors (Lipinski definition) is 3. The van der Waals surface area contributed by atoms with Crippen LogP contribution in [0.5, 0.6) is 0 Å². The van der Waals surface area contributed by atoms with E-state index in [9.17, 15) is 4.79 Å². The lowest BCUT2D eigenvalue weighted by atomic mass is 9.91. The zero-order valence-electron chi connectivity index (χ0n) is 18.1. The number of para-hydroxylation sites is 1. The summed E-state index contributed by atoms with van der Waals surface area (Å²) in [6.07, 6.45) is 7.49. The van der Waals surface area contributed by atoms with Gasteiger partial charge in [-0.25, -0.2) is 4.98 Å². The van der Waals surface area contributed by atoms with Crippen LogP contribution in [0.3, 0.4) is 0 Å². The smallest absolute Gasteiger partial charge is 0.225 e. The van der Waals surface area contributed by atoms with Crippen molar-refractivity contribution in [2.24, 2.45) is 4.99 Å². The Balaban J connectivity index is 0.00000272. The van der Waals surface area contributed by atoms with E-state index in [1.54, 1.807) is 0 Å². The molecule has 2 heterocycles. The molecule has 8 heteroatoms. The number of rotatable bonds is 7. The van der Waals surface area contributed by atoms with Gasteiger partial charge in [0, 0.05) is 42.4 Å². The summed E-state index contributed by atoms with van der Waals surface area (Å²) in [5.41, 5.74) is 3.43. The van der Waals surface area contributed by atoms with Gasteiger partial charge in [-0.15, -0.1) is 35.3 Å². The van der Waals surface area contributed by atoms with Crippen molar-refractivity contribution in [3.63, 3.8) is 0 Å². The predicted molar refractivity (Wildman–Crippen MR) is 139 cm³/mol. The first-order valence-electron chi connectivity index (χ1n) is 11.1. The highest BCUT2D eigenvalue weighted by Gasteiger charge is 2.24. The molecule has 1 aromatic carbocycles. The Morgan fingerprint density at radius 1 is 1.26 bits per heavy atom. The summed E-state index contributed by atoms with van der Waals surface area (Å²) in [5.74, 6) is 1.00. The first-order chi connectivity index (χ1) is 14.7. The summed E-state index contributed by atoms with van der Waals surface area (Å²) in [6, 6.07) is 8.02. The molecule has 6 nitrogen and oxygen atoms in total. The van der Waals surface area contributed by atoms with Gasteiger partial charge in [0.25, 0.3) is 0 Å². The molecule has 0 bridgehead atoms. The van der Waals surface area contributed by atoms with E-state index in [4.69, 9.17) is 9.98 Å². The van der Waals surface area contributed by atoms with E-state index < -0.39 is 0 Å². The second-order valence-corrected chi connectivity index (χ2v) is 9.14. The number of anilines is 1. The SMILES string of the molecule is CCNC(=NCC1CC(=O)Nc2ccccc21)NCCCc1nc2c(s1)CCCC2.I. The monoisotopic (exact) mass is 553 g/mol. The van der Waals surface area contributed by atoms with Crippen molar-refractivity contribution in [3.8, 4) is 0 Å². The van der Waals surface area contributed by atoms with Gasteiger partial charge in [0.05, 0.1) is 17.2 Å². The highest BCUT2D eigenvalue weighted by molar-refractivity contribution is 14.0. The second-order valence-electron chi connectivity index (χ2n) is 7.97. The normalized spacial score (nSPS) is 17.8. The number of carbonyl (C=O) groups excluding carboxylic acids is 1. The van der Waals surface area contributed by atoms with Gasteiger partial charge in [-0.3, -0.25) is 9.79 Å². The molecule has 0 radical (unpaired) electrons. The van der Waals surface area contributed by atoms with Gasteiger partial charge in [-0.05, 0) is 50.7 Å². The molecule has 0 fully saturated rings. The molecule has 1 amide bonds. The Bertz CT molecular complexity index is 890. The molecule has 2 aromatic rings. The van der Waals surface area contributed by atoms with E-state index in [1.165, 1.54) is 40.4 Å². The van der Waals surface area contributed by atoms with Crippen LogP contribution in [-0.4, -0.2) is 36.5 Å². The van der Waals surface area contributed by atoms with Crippen LogP contribution < -0.4 is 16.0 Å². The molecule has 4 rings (SSSR count). The Labute approximate surface area is 205 Å². The number of aliphatic imine (C=N–C) groups is 1. The quantitative estimate of drug-likeness (QED) is 0.207. The van der Waals surface area contributed by atoms with Gasteiger partial charge in [-0.2, -0.15) is 0 Å². The summed E-state index contributed by atoms with van der Waals surface area (Å²) < 4.78 is 0. The summed E-state index contributed by atoms with van der Waals surface area (Å²) >= 11 is 1.90. The van der Waals surface area contributed by atoms with Crippen molar-refractivity contribution in [1.82, 2.24) is 15.6 Å². The lowest BCUT2D eigenvalue weighted by molar-refractivity contribution is -0.116. The second kappa shape index (κ2) is 11.8. The minimum atomic E-state index is 0. The maximum absolute atomic E-state index is 12.0. The zero-order chi connectivity index (χ0) is 20.8. The number of halogens is 1. The Kier molecular flexibility index (Phi) is 9.13. The molecular formula is C23H32IN5OS. The topological polar surface area (TPSA) is 78.4 Å². The first kappa shape index (κ1) is 24.0. The van der Waals surface area contributed by atoms with E-state index in [0.29, 0.717) is 13.0 Å². The first-order valence-corrected chi connectivity index (χ1v) is 11.9. The van der Waals surface area contributed by atoms with Crippen molar-refractivity contribution in [3.05, 3.63) is 45.4 Å². The lowest BCUT2D eigenvalue weighted by Crippen LogP contribution is -2.38. The number of carbonyl (C=O) groups is 1. The van der Waals surface area contributed by atoms with Crippen LogP contribution >= 0.6 is 35.3 Å². The molecule has 1 aromatic heterocycles. The van der Waals surface area contributed by atoms with Crippen molar-refractivity contribution >= 4 is 52.9 Å². The Hall–Kier alpha value is -1.68. The van der Waals surface area contributed by atoms with Gasteiger partial charge in [-0.1, -0.05) is 18.2 Å². The number of guanidine groups is 1. The van der Waals surface area contributed by atoms with Crippen LogP contribution in [0.1, 0.15) is 59.7 Å². The molecular weight excluding hydrogens is 521 g/mol. The van der Waals surface area contributed by atoms with Crippen LogP contribution in [0.2, 0.25) is 0 Å². The number of thiazole rings is 1. The van der Waals surface area contributed by atoms with Gasteiger partial charge in [0.15, 0.2) is 5.96 Å². The molecule has 168 valence electrons. The zero-order valence-corrected chi connectivity index (χ0v) is 21.2. The average molecular weight is 554 g/mol.